The van der Waals surface area contributed by atoms with Gasteiger partial charge in [-0.3, -0.25) is 9.59 Å². The van der Waals surface area contributed by atoms with Gasteiger partial charge in [0.2, 0.25) is 0 Å². The smallest absolute Gasteiger partial charge is 0.308 e. The lowest BCUT2D eigenvalue weighted by Crippen LogP contribution is -2.65. The van der Waals surface area contributed by atoms with Crippen LogP contribution in [0.25, 0.3) is 0 Å². The van der Waals surface area contributed by atoms with Crippen LogP contribution < -0.4 is 0 Å². The highest BCUT2D eigenvalue weighted by molar-refractivity contribution is 5.79. The van der Waals surface area contributed by atoms with Crippen LogP contribution in [0.15, 0.2) is 0 Å². The molecule has 0 spiro atoms. The van der Waals surface area contributed by atoms with Crippen molar-refractivity contribution in [2.45, 2.75) is 84.2 Å². The molecule has 4 saturated carbocycles. The Hall–Kier alpha value is -0.900. The van der Waals surface area contributed by atoms with Gasteiger partial charge in [0.05, 0.1) is 18.6 Å². The summed E-state index contributed by atoms with van der Waals surface area (Å²) in [5.74, 6) is 1.69. The monoisotopic (exact) mass is 376 g/mol. The van der Waals surface area contributed by atoms with Gasteiger partial charge < -0.3 is 9.84 Å². The lowest BCUT2D eigenvalue weighted by Gasteiger charge is -2.65. The summed E-state index contributed by atoms with van der Waals surface area (Å²) in [5, 5.41) is 12.1. The van der Waals surface area contributed by atoms with E-state index in [1.54, 1.807) is 0 Å². The standard InChI is InChI=1S/C23H36O4/c1-14(20(25)27-4)17-7-8-18-19-6-5-15-13-16(24)9-10-22(15,3)23(19,26)12-11-21(17,18)2/h14-15,17-19,26H,5-13H2,1-4H3/t14?,15?,17-,18+,19+,21-,22+,23-/m1/s1. The first-order valence-corrected chi connectivity index (χ1v) is 11.0. The molecule has 0 aromatic heterocycles. The van der Waals surface area contributed by atoms with E-state index >= 15 is 0 Å². The average molecular weight is 377 g/mol. The quantitative estimate of drug-likeness (QED) is 0.736. The number of ketones is 1. The topological polar surface area (TPSA) is 63.6 Å². The third kappa shape index (κ3) is 2.51. The molecule has 2 unspecified atom stereocenters. The van der Waals surface area contributed by atoms with Crippen molar-refractivity contribution in [2.24, 2.45) is 40.4 Å². The van der Waals surface area contributed by atoms with Crippen molar-refractivity contribution >= 4 is 11.8 Å². The molecule has 1 N–H and O–H groups in total. The van der Waals surface area contributed by atoms with E-state index in [0.29, 0.717) is 42.3 Å². The molecule has 0 heterocycles. The highest BCUT2D eigenvalue weighted by Crippen LogP contribution is 2.69. The molecule has 4 nitrogen and oxygen atoms in total. The van der Waals surface area contributed by atoms with Crippen molar-refractivity contribution in [3.05, 3.63) is 0 Å². The van der Waals surface area contributed by atoms with Gasteiger partial charge in [-0.05, 0) is 74.0 Å². The van der Waals surface area contributed by atoms with Crippen molar-refractivity contribution < 1.29 is 19.4 Å². The highest BCUT2D eigenvalue weighted by Gasteiger charge is 2.67. The van der Waals surface area contributed by atoms with Crippen LogP contribution in [0, 0.1) is 40.4 Å². The molecule has 4 heteroatoms. The van der Waals surface area contributed by atoms with E-state index in [4.69, 9.17) is 4.74 Å². The molecule has 4 aliphatic carbocycles. The fraction of sp³-hybridized carbons (Fsp3) is 0.913. The third-order valence-corrected chi connectivity index (χ3v) is 9.92. The Kier molecular flexibility index (Phi) is 4.53. The second-order valence-corrected chi connectivity index (χ2v) is 10.6. The number of hydrogen-bond acceptors (Lipinski definition) is 4. The van der Waals surface area contributed by atoms with Crippen LogP contribution in [0.1, 0.15) is 78.6 Å². The summed E-state index contributed by atoms with van der Waals surface area (Å²) in [4.78, 5) is 24.3. The first-order valence-electron chi connectivity index (χ1n) is 11.0. The summed E-state index contributed by atoms with van der Waals surface area (Å²) < 4.78 is 5.05. The van der Waals surface area contributed by atoms with E-state index < -0.39 is 5.60 Å². The lowest BCUT2D eigenvalue weighted by molar-refractivity contribution is -0.234. The number of fused-ring (bicyclic) bond motifs is 5. The Morgan fingerprint density at radius 3 is 2.52 bits per heavy atom. The minimum atomic E-state index is -0.649. The van der Waals surface area contributed by atoms with Crippen LogP contribution in [0.4, 0.5) is 0 Å². The van der Waals surface area contributed by atoms with Gasteiger partial charge in [0, 0.05) is 18.3 Å². The molecule has 27 heavy (non-hydrogen) atoms. The van der Waals surface area contributed by atoms with Gasteiger partial charge >= 0.3 is 5.97 Å². The van der Waals surface area contributed by atoms with Gasteiger partial charge in [-0.1, -0.05) is 20.8 Å². The maximum Gasteiger partial charge on any atom is 0.308 e. The Bertz CT molecular complexity index is 644. The van der Waals surface area contributed by atoms with E-state index in [9.17, 15) is 14.7 Å². The van der Waals surface area contributed by atoms with Crippen LogP contribution in [0.3, 0.4) is 0 Å². The predicted molar refractivity (Wildman–Crippen MR) is 103 cm³/mol. The normalized spacial score (nSPS) is 50.3. The van der Waals surface area contributed by atoms with Crippen LogP contribution in [-0.4, -0.2) is 29.6 Å². The summed E-state index contributed by atoms with van der Waals surface area (Å²) in [5.41, 5.74) is -0.667. The molecular weight excluding hydrogens is 340 g/mol. The number of Topliss-reactive ketones (excluding diaryl/α,β-unsaturated/α-hetero) is 1. The zero-order valence-electron chi connectivity index (χ0n) is 17.4. The van der Waals surface area contributed by atoms with Crippen molar-refractivity contribution in [3.63, 3.8) is 0 Å². The number of hydrogen-bond donors (Lipinski definition) is 1. The average Bonchev–Trinajstić information content (AvgIpc) is 2.99. The number of ether oxygens (including phenoxy) is 1. The summed E-state index contributed by atoms with van der Waals surface area (Å²) in [6, 6.07) is 0. The molecule has 152 valence electrons. The lowest BCUT2D eigenvalue weighted by atomic mass is 9.42. The number of rotatable bonds is 2. The number of carbonyl (C=O) groups excluding carboxylic acids is 2. The van der Waals surface area contributed by atoms with Crippen LogP contribution in [0.5, 0.6) is 0 Å². The second kappa shape index (κ2) is 6.30. The largest absolute Gasteiger partial charge is 0.469 e. The third-order valence-electron chi connectivity index (χ3n) is 9.92. The minimum absolute atomic E-state index is 0.0737. The van der Waals surface area contributed by atoms with Gasteiger partial charge in [-0.2, -0.15) is 0 Å². The summed E-state index contributed by atoms with van der Waals surface area (Å²) >= 11 is 0. The Morgan fingerprint density at radius 1 is 1.11 bits per heavy atom. The first-order chi connectivity index (χ1) is 12.7. The Labute approximate surface area is 163 Å². The van der Waals surface area contributed by atoms with E-state index in [2.05, 4.69) is 13.8 Å². The first kappa shape index (κ1) is 19.4. The van der Waals surface area contributed by atoms with Crippen LogP contribution in [-0.2, 0) is 14.3 Å². The van der Waals surface area contributed by atoms with Crippen molar-refractivity contribution in [2.75, 3.05) is 7.11 Å². The molecule has 8 atom stereocenters. The van der Waals surface area contributed by atoms with Crippen molar-refractivity contribution in [1.82, 2.24) is 0 Å². The molecule has 4 fully saturated rings. The molecule has 4 rings (SSSR count). The fourth-order valence-corrected chi connectivity index (χ4v) is 8.20. The zero-order valence-corrected chi connectivity index (χ0v) is 17.4. The van der Waals surface area contributed by atoms with Gasteiger partial charge in [0.15, 0.2) is 0 Å². The Balaban J connectivity index is 1.64. The van der Waals surface area contributed by atoms with Gasteiger partial charge in [-0.15, -0.1) is 0 Å². The fourth-order valence-electron chi connectivity index (χ4n) is 8.20. The number of aliphatic hydroxyl groups is 1. The summed E-state index contributed by atoms with van der Waals surface area (Å²) in [6.07, 6.45) is 8.19. The van der Waals surface area contributed by atoms with Crippen molar-refractivity contribution in [3.8, 4) is 0 Å². The number of methoxy groups -OCH3 is 1. The molecule has 0 amide bonds. The van der Waals surface area contributed by atoms with Crippen LogP contribution >= 0.6 is 0 Å². The summed E-state index contributed by atoms with van der Waals surface area (Å²) in [6.45, 7) is 6.66. The molecule has 0 bridgehead atoms. The van der Waals surface area contributed by atoms with Gasteiger partial charge in [-0.25, -0.2) is 0 Å². The zero-order chi connectivity index (χ0) is 19.6. The molecule has 0 radical (unpaired) electrons. The maximum absolute atomic E-state index is 12.2. The molecular formula is C23H36O4. The highest BCUT2D eigenvalue weighted by atomic mass is 16.5. The molecule has 0 saturated heterocycles. The van der Waals surface area contributed by atoms with Gasteiger partial charge in [0.25, 0.3) is 0 Å². The second-order valence-electron chi connectivity index (χ2n) is 10.6. The van der Waals surface area contributed by atoms with E-state index in [1.165, 1.54) is 7.11 Å². The van der Waals surface area contributed by atoms with Crippen LogP contribution in [0.2, 0.25) is 0 Å². The van der Waals surface area contributed by atoms with E-state index in [0.717, 1.165) is 44.9 Å². The molecule has 0 aromatic rings. The molecule has 0 aromatic carbocycles. The number of carbonyl (C=O) groups is 2. The van der Waals surface area contributed by atoms with E-state index in [-0.39, 0.29) is 22.7 Å². The Morgan fingerprint density at radius 2 is 1.81 bits per heavy atom. The SMILES string of the molecule is COC(=O)C(C)[C@H]1CC[C@H]2[C@@H]3CCC4CC(=O)CC[C@]4(C)[C@@]3(O)CC[C@]12C. The molecule has 0 aliphatic heterocycles. The van der Waals surface area contributed by atoms with Crippen molar-refractivity contribution in [1.29, 1.82) is 0 Å². The summed E-state index contributed by atoms with van der Waals surface area (Å²) in [7, 11) is 1.49. The van der Waals surface area contributed by atoms with Gasteiger partial charge in [0.1, 0.15) is 5.78 Å². The predicted octanol–water partition coefficient (Wildman–Crippen LogP) is 4.14. The minimum Gasteiger partial charge on any atom is -0.469 e. The van der Waals surface area contributed by atoms with E-state index in [1.807, 2.05) is 6.92 Å². The maximum atomic E-state index is 12.2. The number of esters is 1. The molecule has 4 aliphatic rings.